The molecule has 6 nitrogen and oxygen atoms in total. The summed E-state index contributed by atoms with van der Waals surface area (Å²) in [4.78, 5) is 24.5. The molecule has 1 saturated heterocycles. The molecule has 1 aliphatic heterocycles. The number of carboxylic acid groups (broad SMARTS) is 1. The molecule has 2 N–H and O–H groups in total. The van der Waals surface area contributed by atoms with Gasteiger partial charge in [-0.3, -0.25) is 4.79 Å². The number of urea groups is 1. The number of hydrogen-bond acceptors (Lipinski definition) is 3. The molecule has 0 aromatic heterocycles. The summed E-state index contributed by atoms with van der Waals surface area (Å²) in [5.74, 6) is -1.48. The zero-order chi connectivity index (χ0) is 16.8. The highest BCUT2D eigenvalue weighted by Crippen LogP contribution is 2.20. The minimum absolute atomic E-state index is 0.00450. The molecule has 2 rings (SSSR count). The average Bonchev–Trinajstić information content (AvgIpc) is 2.53. The van der Waals surface area contributed by atoms with Crippen molar-refractivity contribution in [3.8, 4) is 5.75 Å². The lowest BCUT2D eigenvalue weighted by Crippen LogP contribution is -2.46. The van der Waals surface area contributed by atoms with Crippen molar-refractivity contribution in [2.45, 2.75) is 26.0 Å². The Hall–Kier alpha value is -2.38. The number of benzene rings is 1. The first-order chi connectivity index (χ1) is 11.0. The standard InChI is InChI=1S/C15H18F2N2O4/c16-14(17)23-12-6-2-1-4-10(12)8-18-15(22)19-7-3-5-11(9-19)13(20)21/h1-2,4,6,11,14H,3,5,7-9H2,(H,18,22)(H,20,21). The molecular weight excluding hydrogens is 310 g/mol. The third kappa shape index (κ3) is 4.80. The zero-order valence-corrected chi connectivity index (χ0v) is 12.4. The molecule has 1 aromatic carbocycles. The van der Waals surface area contributed by atoms with E-state index in [1.165, 1.54) is 11.0 Å². The van der Waals surface area contributed by atoms with Crippen molar-refractivity contribution in [3.63, 3.8) is 0 Å². The Morgan fingerprint density at radius 1 is 1.39 bits per heavy atom. The molecule has 0 radical (unpaired) electrons. The number of carbonyl (C=O) groups excluding carboxylic acids is 1. The van der Waals surface area contributed by atoms with Gasteiger partial charge < -0.3 is 20.1 Å². The number of halogens is 2. The molecule has 0 bridgehead atoms. The SMILES string of the molecule is O=C(O)C1CCCN(C(=O)NCc2ccccc2OC(F)F)C1. The van der Waals surface area contributed by atoms with Crippen LogP contribution in [0, 0.1) is 5.92 Å². The summed E-state index contributed by atoms with van der Waals surface area (Å²) in [7, 11) is 0. The van der Waals surface area contributed by atoms with E-state index in [4.69, 9.17) is 5.11 Å². The quantitative estimate of drug-likeness (QED) is 0.869. The summed E-state index contributed by atoms with van der Waals surface area (Å²) < 4.78 is 29.1. The number of carbonyl (C=O) groups is 2. The molecule has 0 aliphatic carbocycles. The summed E-state index contributed by atoms with van der Waals surface area (Å²) in [6.45, 7) is -2.29. The van der Waals surface area contributed by atoms with Gasteiger partial charge in [-0.05, 0) is 18.9 Å². The first-order valence-electron chi connectivity index (χ1n) is 7.25. The number of hydrogen-bond donors (Lipinski definition) is 2. The average molecular weight is 328 g/mol. The Bertz CT molecular complexity index is 568. The van der Waals surface area contributed by atoms with Crippen LogP contribution in [0.4, 0.5) is 13.6 Å². The van der Waals surface area contributed by atoms with Crippen molar-refractivity contribution in [2.75, 3.05) is 13.1 Å². The number of rotatable bonds is 5. The van der Waals surface area contributed by atoms with Crippen LogP contribution in [-0.4, -0.2) is 41.7 Å². The summed E-state index contributed by atoms with van der Waals surface area (Å²) in [6, 6.07) is 5.78. The fourth-order valence-corrected chi connectivity index (χ4v) is 2.51. The van der Waals surface area contributed by atoms with E-state index < -0.39 is 24.5 Å². The van der Waals surface area contributed by atoms with Crippen molar-refractivity contribution in [3.05, 3.63) is 29.8 Å². The summed E-state index contributed by atoms with van der Waals surface area (Å²) in [6.07, 6.45) is 1.17. The smallest absolute Gasteiger partial charge is 0.387 e. The Morgan fingerprint density at radius 3 is 2.83 bits per heavy atom. The highest BCUT2D eigenvalue weighted by Gasteiger charge is 2.28. The van der Waals surface area contributed by atoms with Crippen molar-refractivity contribution in [1.82, 2.24) is 10.2 Å². The Balaban J connectivity index is 1.93. The Labute approximate surface area is 132 Å². The molecular formula is C15H18F2N2O4. The first kappa shape index (κ1) is 17.0. The van der Waals surface area contributed by atoms with E-state index in [9.17, 15) is 18.4 Å². The maximum atomic E-state index is 12.3. The number of carboxylic acids is 1. The number of aliphatic carboxylic acids is 1. The lowest BCUT2D eigenvalue weighted by atomic mass is 9.99. The van der Waals surface area contributed by atoms with Crippen LogP contribution in [0.2, 0.25) is 0 Å². The number of piperidine rings is 1. The number of nitrogens with zero attached hydrogens (tertiary/aromatic N) is 1. The largest absolute Gasteiger partial charge is 0.481 e. The van der Waals surface area contributed by atoms with E-state index in [2.05, 4.69) is 10.1 Å². The highest BCUT2D eigenvalue weighted by atomic mass is 19.3. The van der Waals surface area contributed by atoms with Crippen molar-refractivity contribution < 1.29 is 28.2 Å². The molecule has 0 saturated carbocycles. The van der Waals surface area contributed by atoms with E-state index in [1.54, 1.807) is 18.2 Å². The van der Waals surface area contributed by atoms with Gasteiger partial charge in [0, 0.05) is 25.2 Å². The predicted octanol–water partition coefficient (Wildman–Crippen LogP) is 2.29. The van der Waals surface area contributed by atoms with Gasteiger partial charge in [0.2, 0.25) is 0 Å². The topological polar surface area (TPSA) is 78.9 Å². The van der Waals surface area contributed by atoms with Crippen molar-refractivity contribution in [1.29, 1.82) is 0 Å². The van der Waals surface area contributed by atoms with Crippen LogP contribution in [0.3, 0.4) is 0 Å². The molecule has 126 valence electrons. The van der Waals surface area contributed by atoms with Gasteiger partial charge in [-0.15, -0.1) is 0 Å². The minimum Gasteiger partial charge on any atom is -0.481 e. The second-order valence-corrected chi connectivity index (χ2v) is 5.27. The maximum Gasteiger partial charge on any atom is 0.387 e. The monoisotopic (exact) mass is 328 g/mol. The number of nitrogens with one attached hydrogen (secondary N) is 1. The van der Waals surface area contributed by atoms with E-state index in [1.807, 2.05) is 0 Å². The van der Waals surface area contributed by atoms with Crippen LogP contribution >= 0.6 is 0 Å². The normalized spacial score (nSPS) is 17.9. The van der Waals surface area contributed by atoms with Crippen LogP contribution in [0.15, 0.2) is 24.3 Å². The second kappa shape index (κ2) is 7.75. The van der Waals surface area contributed by atoms with E-state index in [-0.39, 0.29) is 18.8 Å². The predicted molar refractivity (Wildman–Crippen MR) is 77.2 cm³/mol. The molecule has 1 heterocycles. The van der Waals surface area contributed by atoms with Gasteiger partial charge in [0.25, 0.3) is 0 Å². The minimum atomic E-state index is -2.94. The molecule has 1 unspecified atom stereocenters. The fraction of sp³-hybridized carbons (Fsp3) is 0.467. The summed E-state index contributed by atoms with van der Waals surface area (Å²) in [5.41, 5.74) is 0.424. The fourth-order valence-electron chi connectivity index (χ4n) is 2.51. The van der Waals surface area contributed by atoms with Crippen LogP contribution in [0.25, 0.3) is 0 Å². The zero-order valence-electron chi connectivity index (χ0n) is 12.4. The molecule has 23 heavy (non-hydrogen) atoms. The lowest BCUT2D eigenvalue weighted by Gasteiger charge is -2.30. The number of alkyl halides is 2. The molecule has 1 atom stereocenters. The van der Waals surface area contributed by atoms with Gasteiger partial charge in [0.15, 0.2) is 0 Å². The number of amides is 2. The Morgan fingerprint density at radius 2 is 2.13 bits per heavy atom. The Kier molecular flexibility index (Phi) is 5.72. The second-order valence-electron chi connectivity index (χ2n) is 5.27. The van der Waals surface area contributed by atoms with Crippen LogP contribution in [-0.2, 0) is 11.3 Å². The lowest BCUT2D eigenvalue weighted by molar-refractivity contribution is -0.143. The number of para-hydroxylation sites is 1. The first-order valence-corrected chi connectivity index (χ1v) is 7.25. The summed E-state index contributed by atoms with van der Waals surface area (Å²) in [5, 5.41) is 11.6. The van der Waals surface area contributed by atoms with E-state index >= 15 is 0 Å². The van der Waals surface area contributed by atoms with Gasteiger partial charge in [-0.2, -0.15) is 8.78 Å². The number of ether oxygens (including phenoxy) is 1. The molecule has 0 spiro atoms. The highest BCUT2D eigenvalue weighted by molar-refractivity contribution is 5.76. The van der Waals surface area contributed by atoms with Gasteiger partial charge in [0.05, 0.1) is 5.92 Å². The van der Waals surface area contributed by atoms with Crippen LogP contribution in [0.1, 0.15) is 18.4 Å². The van der Waals surface area contributed by atoms with Crippen LogP contribution in [0.5, 0.6) is 5.75 Å². The maximum absolute atomic E-state index is 12.3. The van der Waals surface area contributed by atoms with Gasteiger partial charge in [-0.25, -0.2) is 4.79 Å². The van der Waals surface area contributed by atoms with Crippen molar-refractivity contribution in [2.24, 2.45) is 5.92 Å². The molecule has 8 heteroatoms. The molecule has 2 amide bonds. The van der Waals surface area contributed by atoms with Gasteiger partial charge in [0.1, 0.15) is 5.75 Å². The van der Waals surface area contributed by atoms with E-state index in [0.717, 1.165) is 0 Å². The molecule has 1 aliphatic rings. The third-order valence-electron chi connectivity index (χ3n) is 3.68. The number of likely N-dealkylation sites (tertiary alicyclic amines) is 1. The molecule has 1 fully saturated rings. The molecule has 1 aromatic rings. The van der Waals surface area contributed by atoms with Crippen LogP contribution < -0.4 is 10.1 Å². The third-order valence-corrected chi connectivity index (χ3v) is 3.68. The van der Waals surface area contributed by atoms with Gasteiger partial charge >= 0.3 is 18.6 Å². The summed E-state index contributed by atoms with van der Waals surface area (Å²) >= 11 is 0. The van der Waals surface area contributed by atoms with Gasteiger partial charge in [-0.1, -0.05) is 18.2 Å². The van der Waals surface area contributed by atoms with E-state index in [0.29, 0.717) is 24.9 Å². The van der Waals surface area contributed by atoms with Crippen molar-refractivity contribution >= 4 is 12.0 Å².